The SMILES string of the molecule is Cc1ccccc1OCCN(C)C(=O)c1nc(C)n(-c2ccc(F)cc2)n1. The molecule has 0 N–H and O–H groups in total. The van der Waals surface area contributed by atoms with Crippen LogP contribution in [-0.2, 0) is 0 Å². The van der Waals surface area contributed by atoms with E-state index < -0.39 is 0 Å². The molecule has 0 aliphatic rings. The molecule has 0 bridgehead atoms. The van der Waals surface area contributed by atoms with Gasteiger partial charge in [-0.25, -0.2) is 14.1 Å². The van der Waals surface area contributed by atoms with Gasteiger partial charge in [0.05, 0.1) is 12.2 Å². The van der Waals surface area contributed by atoms with E-state index in [1.807, 2.05) is 31.2 Å². The molecule has 27 heavy (non-hydrogen) atoms. The number of benzene rings is 2. The van der Waals surface area contributed by atoms with E-state index in [2.05, 4.69) is 10.1 Å². The largest absolute Gasteiger partial charge is 0.491 e. The number of aryl methyl sites for hydroxylation is 2. The van der Waals surface area contributed by atoms with E-state index in [0.717, 1.165) is 11.3 Å². The highest BCUT2D eigenvalue weighted by molar-refractivity contribution is 5.90. The first kappa shape index (κ1) is 18.6. The molecule has 0 atom stereocenters. The molecule has 0 aliphatic heterocycles. The fourth-order valence-electron chi connectivity index (χ4n) is 2.59. The van der Waals surface area contributed by atoms with Gasteiger partial charge in [-0.3, -0.25) is 4.79 Å². The molecule has 0 fully saturated rings. The molecule has 0 unspecified atom stereocenters. The third-order valence-electron chi connectivity index (χ3n) is 4.16. The Labute approximate surface area is 157 Å². The molecule has 0 spiro atoms. The van der Waals surface area contributed by atoms with Crippen molar-refractivity contribution in [1.29, 1.82) is 0 Å². The summed E-state index contributed by atoms with van der Waals surface area (Å²) in [6.07, 6.45) is 0. The van der Waals surface area contributed by atoms with Crippen LogP contribution in [0.25, 0.3) is 5.69 Å². The zero-order valence-corrected chi connectivity index (χ0v) is 15.5. The fraction of sp³-hybridized carbons (Fsp3) is 0.250. The highest BCUT2D eigenvalue weighted by Gasteiger charge is 2.19. The fourth-order valence-corrected chi connectivity index (χ4v) is 2.59. The number of carbonyl (C=O) groups is 1. The van der Waals surface area contributed by atoms with Crippen LogP contribution in [0.4, 0.5) is 4.39 Å². The lowest BCUT2D eigenvalue weighted by Gasteiger charge is -2.16. The third-order valence-corrected chi connectivity index (χ3v) is 4.16. The van der Waals surface area contributed by atoms with Crippen LogP contribution < -0.4 is 4.74 Å². The summed E-state index contributed by atoms with van der Waals surface area (Å²) in [6, 6.07) is 13.6. The number of hydrogen-bond acceptors (Lipinski definition) is 4. The average molecular weight is 368 g/mol. The number of likely N-dealkylation sites (N-methyl/N-ethyl adjacent to an activating group) is 1. The maximum Gasteiger partial charge on any atom is 0.293 e. The Balaban J connectivity index is 1.64. The molecule has 7 heteroatoms. The van der Waals surface area contributed by atoms with Crippen LogP contribution in [0, 0.1) is 19.7 Å². The minimum atomic E-state index is -0.332. The Bertz CT molecular complexity index is 937. The quantitative estimate of drug-likeness (QED) is 0.671. The molecule has 0 saturated carbocycles. The van der Waals surface area contributed by atoms with Crippen molar-refractivity contribution in [2.75, 3.05) is 20.2 Å². The number of halogens is 1. The Hall–Kier alpha value is -3.22. The van der Waals surface area contributed by atoms with E-state index in [4.69, 9.17) is 4.74 Å². The molecule has 1 aromatic heterocycles. The van der Waals surface area contributed by atoms with Gasteiger partial charge < -0.3 is 9.64 Å². The second kappa shape index (κ2) is 7.99. The van der Waals surface area contributed by atoms with E-state index in [-0.39, 0.29) is 17.5 Å². The minimum Gasteiger partial charge on any atom is -0.491 e. The van der Waals surface area contributed by atoms with Crippen molar-refractivity contribution < 1.29 is 13.9 Å². The lowest BCUT2D eigenvalue weighted by Crippen LogP contribution is -2.31. The number of aromatic nitrogens is 3. The molecule has 140 valence electrons. The molecule has 1 amide bonds. The van der Waals surface area contributed by atoms with E-state index in [1.54, 1.807) is 26.1 Å². The van der Waals surface area contributed by atoms with E-state index in [9.17, 15) is 9.18 Å². The Morgan fingerprint density at radius 1 is 1.15 bits per heavy atom. The highest BCUT2D eigenvalue weighted by atomic mass is 19.1. The predicted molar refractivity (Wildman–Crippen MR) is 99.7 cm³/mol. The number of ether oxygens (including phenoxy) is 1. The lowest BCUT2D eigenvalue weighted by molar-refractivity contribution is 0.0761. The Morgan fingerprint density at radius 2 is 1.85 bits per heavy atom. The van der Waals surface area contributed by atoms with Gasteiger partial charge in [-0.1, -0.05) is 18.2 Å². The molecular formula is C20H21FN4O2. The zero-order chi connectivity index (χ0) is 19.4. The van der Waals surface area contributed by atoms with Gasteiger partial charge in [-0.2, -0.15) is 0 Å². The predicted octanol–water partition coefficient (Wildman–Crippen LogP) is 3.17. The normalized spacial score (nSPS) is 10.7. The second-order valence-electron chi connectivity index (χ2n) is 6.21. The van der Waals surface area contributed by atoms with Gasteiger partial charge in [0.2, 0.25) is 5.82 Å². The van der Waals surface area contributed by atoms with Crippen LogP contribution in [0.1, 0.15) is 22.0 Å². The van der Waals surface area contributed by atoms with Crippen molar-refractivity contribution in [3.63, 3.8) is 0 Å². The van der Waals surface area contributed by atoms with Crippen molar-refractivity contribution in [2.24, 2.45) is 0 Å². The van der Waals surface area contributed by atoms with Gasteiger partial charge >= 0.3 is 0 Å². The first-order valence-corrected chi connectivity index (χ1v) is 8.59. The second-order valence-corrected chi connectivity index (χ2v) is 6.21. The summed E-state index contributed by atoms with van der Waals surface area (Å²) in [6.45, 7) is 4.48. The average Bonchev–Trinajstić information content (AvgIpc) is 3.05. The van der Waals surface area contributed by atoms with Crippen LogP contribution in [0.15, 0.2) is 48.5 Å². The molecule has 0 aliphatic carbocycles. The molecule has 0 saturated heterocycles. The van der Waals surface area contributed by atoms with Gasteiger partial charge in [-0.15, -0.1) is 5.10 Å². The molecule has 1 heterocycles. The van der Waals surface area contributed by atoms with Gasteiger partial charge in [0.15, 0.2) is 0 Å². The summed E-state index contributed by atoms with van der Waals surface area (Å²) >= 11 is 0. The number of carbonyl (C=O) groups excluding carboxylic acids is 1. The summed E-state index contributed by atoms with van der Waals surface area (Å²) in [4.78, 5) is 18.3. The molecule has 3 rings (SSSR count). The van der Waals surface area contributed by atoms with E-state index >= 15 is 0 Å². The number of rotatable bonds is 6. The molecule has 0 radical (unpaired) electrons. The number of hydrogen-bond donors (Lipinski definition) is 0. The van der Waals surface area contributed by atoms with Gasteiger partial charge in [0.1, 0.15) is 24.0 Å². The summed E-state index contributed by atoms with van der Waals surface area (Å²) < 4.78 is 20.3. The van der Waals surface area contributed by atoms with E-state index in [0.29, 0.717) is 24.7 Å². The monoisotopic (exact) mass is 368 g/mol. The zero-order valence-electron chi connectivity index (χ0n) is 15.5. The topological polar surface area (TPSA) is 60.2 Å². The van der Waals surface area contributed by atoms with Gasteiger partial charge in [0, 0.05) is 7.05 Å². The molecule has 3 aromatic rings. The number of nitrogens with zero attached hydrogens (tertiary/aromatic N) is 4. The van der Waals surface area contributed by atoms with Crippen molar-refractivity contribution in [1.82, 2.24) is 19.7 Å². The lowest BCUT2D eigenvalue weighted by atomic mass is 10.2. The molecule has 2 aromatic carbocycles. The van der Waals surface area contributed by atoms with Crippen LogP contribution in [0.5, 0.6) is 5.75 Å². The maximum atomic E-state index is 13.1. The Morgan fingerprint density at radius 3 is 2.56 bits per heavy atom. The Kier molecular flexibility index (Phi) is 5.49. The van der Waals surface area contributed by atoms with E-state index in [1.165, 1.54) is 21.7 Å². The molecular weight excluding hydrogens is 347 g/mol. The first-order chi connectivity index (χ1) is 13.0. The maximum absolute atomic E-state index is 13.1. The number of amides is 1. The summed E-state index contributed by atoms with van der Waals surface area (Å²) in [5.41, 5.74) is 1.69. The molecule has 6 nitrogen and oxygen atoms in total. The summed E-state index contributed by atoms with van der Waals surface area (Å²) in [5.74, 6) is 0.811. The summed E-state index contributed by atoms with van der Waals surface area (Å²) in [5, 5.41) is 4.26. The van der Waals surface area contributed by atoms with Crippen molar-refractivity contribution in [3.8, 4) is 11.4 Å². The van der Waals surface area contributed by atoms with Gasteiger partial charge in [0.25, 0.3) is 5.91 Å². The van der Waals surface area contributed by atoms with Crippen molar-refractivity contribution in [3.05, 3.63) is 71.6 Å². The van der Waals surface area contributed by atoms with Crippen LogP contribution >= 0.6 is 0 Å². The van der Waals surface area contributed by atoms with Gasteiger partial charge in [-0.05, 0) is 49.7 Å². The number of para-hydroxylation sites is 1. The van der Waals surface area contributed by atoms with Crippen molar-refractivity contribution >= 4 is 5.91 Å². The highest BCUT2D eigenvalue weighted by Crippen LogP contribution is 2.16. The standard InChI is InChI=1S/C20H21FN4O2/c1-14-6-4-5-7-18(14)27-13-12-24(3)20(26)19-22-15(2)25(23-19)17-10-8-16(21)9-11-17/h4-11H,12-13H2,1-3H3. The van der Waals surface area contributed by atoms with Crippen LogP contribution in [0.2, 0.25) is 0 Å². The third kappa shape index (κ3) is 4.31. The first-order valence-electron chi connectivity index (χ1n) is 8.59. The summed E-state index contributed by atoms with van der Waals surface area (Å²) in [7, 11) is 1.68. The smallest absolute Gasteiger partial charge is 0.293 e. The van der Waals surface area contributed by atoms with Crippen LogP contribution in [0.3, 0.4) is 0 Å². The minimum absolute atomic E-state index is 0.0928. The van der Waals surface area contributed by atoms with Crippen molar-refractivity contribution in [2.45, 2.75) is 13.8 Å². The van der Waals surface area contributed by atoms with Crippen LogP contribution in [-0.4, -0.2) is 45.8 Å².